The Morgan fingerprint density at radius 1 is 1.15 bits per heavy atom. The van der Waals surface area contributed by atoms with E-state index in [-0.39, 0.29) is 6.04 Å². The molecule has 0 aliphatic carbocycles. The highest BCUT2D eigenvalue weighted by Gasteiger charge is 2.14. The van der Waals surface area contributed by atoms with Gasteiger partial charge in [-0.05, 0) is 31.7 Å². The molecule has 1 unspecified atom stereocenters. The fraction of sp³-hybridized carbons (Fsp3) is 0.600. The summed E-state index contributed by atoms with van der Waals surface area (Å²) in [4.78, 5) is 4.75. The van der Waals surface area contributed by atoms with Gasteiger partial charge in [0.15, 0.2) is 11.6 Å². The van der Waals surface area contributed by atoms with Crippen molar-refractivity contribution in [1.29, 1.82) is 0 Å². The van der Waals surface area contributed by atoms with Gasteiger partial charge in [0, 0.05) is 45.3 Å². The maximum absolute atomic E-state index is 13.2. The third-order valence-electron chi connectivity index (χ3n) is 3.92. The van der Waals surface area contributed by atoms with Crippen molar-refractivity contribution in [2.24, 2.45) is 0 Å². The molecule has 1 aliphatic rings. The highest BCUT2D eigenvalue weighted by Crippen LogP contribution is 2.15. The number of nitrogens with zero attached hydrogens (tertiary/aromatic N) is 2. The van der Waals surface area contributed by atoms with E-state index in [1.165, 1.54) is 12.1 Å². The second kappa shape index (κ2) is 7.11. The molecule has 0 bridgehead atoms. The standard InChI is InChI=1S/C15H23F2N3/c1-12(13-3-4-14(16)15(17)11-13)18-5-6-20-9-7-19(2)8-10-20/h3-4,11-12,18H,5-10H2,1-2H3. The molecule has 3 nitrogen and oxygen atoms in total. The first-order valence-corrected chi connectivity index (χ1v) is 7.15. The van der Waals surface area contributed by atoms with E-state index >= 15 is 0 Å². The average molecular weight is 283 g/mol. The first-order valence-electron chi connectivity index (χ1n) is 7.15. The smallest absolute Gasteiger partial charge is 0.159 e. The van der Waals surface area contributed by atoms with E-state index in [2.05, 4.69) is 22.2 Å². The molecule has 1 saturated heterocycles. The van der Waals surface area contributed by atoms with Crippen molar-refractivity contribution in [3.8, 4) is 0 Å². The summed E-state index contributed by atoms with van der Waals surface area (Å²) in [7, 11) is 2.14. The van der Waals surface area contributed by atoms with Crippen LogP contribution in [-0.4, -0.2) is 56.1 Å². The molecule has 0 saturated carbocycles. The second-order valence-corrected chi connectivity index (χ2v) is 5.49. The van der Waals surface area contributed by atoms with E-state index in [0.29, 0.717) is 0 Å². The maximum Gasteiger partial charge on any atom is 0.159 e. The van der Waals surface area contributed by atoms with Crippen LogP contribution in [-0.2, 0) is 0 Å². The number of nitrogens with one attached hydrogen (secondary N) is 1. The van der Waals surface area contributed by atoms with Gasteiger partial charge in [-0.15, -0.1) is 0 Å². The number of piperazine rings is 1. The molecule has 20 heavy (non-hydrogen) atoms. The van der Waals surface area contributed by atoms with Crippen LogP contribution in [0.25, 0.3) is 0 Å². The summed E-state index contributed by atoms with van der Waals surface area (Å²) < 4.78 is 26.1. The molecular weight excluding hydrogens is 260 g/mol. The molecule has 1 aliphatic heterocycles. The number of hydrogen-bond acceptors (Lipinski definition) is 3. The number of likely N-dealkylation sites (N-methyl/N-ethyl adjacent to an activating group) is 1. The lowest BCUT2D eigenvalue weighted by atomic mass is 10.1. The predicted octanol–water partition coefficient (Wildman–Crippen LogP) is 1.86. The van der Waals surface area contributed by atoms with Crippen molar-refractivity contribution in [1.82, 2.24) is 15.1 Å². The molecular formula is C15H23F2N3. The summed E-state index contributed by atoms with van der Waals surface area (Å²) in [6.45, 7) is 8.22. The maximum atomic E-state index is 13.2. The molecule has 0 amide bonds. The Morgan fingerprint density at radius 2 is 1.85 bits per heavy atom. The van der Waals surface area contributed by atoms with E-state index < -0.39 is 11.6 Å². The summed E-state index contributed by atoms with van der Waals surface area (Å²) in [6.07, 6.45) is 0. The van der Waals surface area contributed by atoms with Gasteiger partial charge >= 0.3 is 0 Å². The molecule has 0 spiro atoms. The molecule has 1 atom stereocenters. The number of halogens is 2. The Kier molecular flexibility index (Phi) is 5.46. The Balaban J connectivity index is 1.74. The van der Waals surface area contributed by atoms with Gasteiger partial charge in [0.2, 0.25) is 0 Å². The number of benzene rings is 1. The molecule has 5 heteroatoms. The van der Waals surface area contributed by atoms with Crippen molar-refractivity contribution in [3.63, 3.8) is 0 Å². The van der Waals surface area contributed by atoms with Crippen molar-refractivity contribution < 1.29 is 8.78 Å². The molecule has 1 heterocycles. The quantitative estimate of drug-likeness (QED) is 0.890. The zero-order chi connectivity index (χ0) is 14.5. The van der Waals surface area contributed by atoms with Crippen LogP contribution in [0.1, 0.15) is 18.5 Å². The molecule has 0 radical (unpaired) electrons. The molecule has 1 fully saturated rings. The SMILES string of the molecule is CC(NCCN1CCN(C)CC1)c1ccc(F)c(F)c1. The van der Waals surface area contributed by atoms with Crippen molar-refractivity contribution in [3.05, 3.63) is 35.4 Å². The van der Waals surface area contributed by atoms with Gasteiger partial charge in [-0.25, -0.2) is 8.78 Å². The van der Waals surface area contributed by atoms with E-state index in [0.717, 1.165) is 44.8 Å². The van der Waals surface area contributed by atoms with Gasteiger partial charge in [0.1, 0.15) is 0 Å². The number of rotatable bonds is 5. The first kappa shape index (κ1) is 15.4. The topological polar surface area (TPSA) is 18.5 Å². The van der Waals surface area contributed by atoms with Gasteiger partial charge in [0.25, 0.3) is 0 Å². The van der Waals surface area contributed by atoms with Gasteiger partial charge in [-0.1, -0.05) is 6.07 Å². The molecule has 1 N–H and O–H groups in total. The predicted molar refractivity (Wildman–Crippen MR) is 76.7 cm³/mol. The van der Waals surface area contributed by atoms with Crippen molar-refractivity contribution >= 4 is 0 Å². The van der Waals surface area contributed by atoms with Gasteiger partial charge in [0.05, 0.1) is 0 Å². The summed E-state index contributed by atoms with van der Waals surface area (Å²) in [5.74, 6) is -1.58. The second-order valence-electron chi connectivity index (χ2n) is 5.49. The fourth-order valence-corrected chi connectivity index (χ4v) is 2.41. The summed E-state index contributed by atoms with van der Waals surface area (Å²) in [6, 6.07) is 4.11. The van der Waals surface area contributed by atoms with Crippen LogP contribution in [0.15, 0.2) is 18.2 Å². The normalized spacial score (nSPS) is 19.2. The molecule has 1 aromatic rings. The van der Waals surface area contributed by atoms with Crippen LogP contribution in [0.4, 0.5) is 8.78 Å². The lowest BCUT2D eigenvalue weighted by Crippen LogP contribution is -2.46. The summed E-state index contributed by atoms with van der Waals surface area (Å²) in [5.41, 5.74) is 0.780. The van der Waals surface area contributed by atoms with Crippen LogP contribution in [0.3, 0.4) is 0 Å². The Labute approximate surface area is 119 Å². The highest BCUT2D eigenvalue weighted by molar-refractivity contribution is 5.20. The van der Waals surface area contributed by atoms with Gasteiger partial charge in [-0.2, -0.15) is 0 Å². The lowest BCUT2D eigenvalue weighted by molar-refractivity contribution is 0.154. The van der Waals surface area contributed by atoms with Gasteiger partial charge < -0.3 is 10.2 Å². The monoisotopic (exact) mass is 283 g/mol. The highest BCUT2D eigenvalue weighted by atomic mass is 19.2. The zero-order valence-electron chi connectivity index (χ0n) is 12.2. The minimum absolute atomic E-state index is 0.0255. The van der Waals surface area contributed by atoms with Crippen LogP contribution >= 0.6 is 0 Å². The van der Waals surface area contributed by atoms with Crippen molar-refractivity contribution in [2.45, 2.75) is 13.0 Å². The Bertz CT molecular complexity index is 431. The van der Waals surface area contributed by atoms with Crippen LogP contribution in [0.2, 0.25) is 0 Å². The van der Waals surface area contributed by atoms with E-state index in [1.807, 2.05) is 6.92 Å². The lowest BCUT2D eigenvalue weighted by Gasteiger charge is -2.32. The first-order chi connectivity index (χ1) is 9.56. The fourth-order valence-electron chi connectivity index (χ4n) is 2.41. The minimum Gasteiger partial charge on any atom is -0.309 e. The van der Waals surface area contributed by atoms with Crippen LogP contribution < -0.4 is 5.32 Å². The summed E-state index contributed by atoms with van der Waals surface area (Å²) in [5, 5.41) is 3.36. The molecule has 2 rings (SSSR count). The van der Waals surface area contributed by atoms with E-state index in [1.54, 1.807) is 6.07 Å². The van der Waals surface area contributed by atoms with Gasteiger partial charge in [-0.3, -0.25) is 4.90 Å². The zero-order valence-corrected chi connectivity index (χ0v) is 12.2. The third kappa shape index (κ3) is 4.23. The molecule has 0 aromatic heterocycles. The average Bonchev–Trinajstić information content (AvgIpc) is 2.44. The van der Waals surface area contributed by atoms with Crippen LogP contribution in [0.5, 0.6) is 0 Å². The number of hydrogen-bond donors (Lipinski definition) is 1. The molecule has 1 aromatic carbocycles. The summed E-state index contributed by atoms with van der Waals surface area (Å²) >= 11 is 0. The Morgan fingerprint density at radius 3 is 2.50 bits per heavy atom. The Hall–Kier alpha value is -1.04. The van der Waals surface area contributed by atoms with E-state index in [9.17, 15) is 8.78 Å². The largest absolute Gasteiger partial charge is 0.309 e. The van der Waals surface area contributed by atoms with Crippen LogP contribution in [0, 0.1) is 11.6 Å². The molecule has 112 valence electrons. The van der Waals surface area contributed by atoms with Crippen molar-refractivity contribution in [2.75, 3.05) is 46.3 Å². The minimum atomic E-state index is -0.793. The van der Waals surface area contributed by atoms with E-state index in [4.69, 9.17) is 0 Å². The third-order valence-corrected chi connectivity index (χ3v) is 3.92.